The molecule has 2 aromatic rings. The number of ether oxygens (including phenoxy) is 3. The van der Waals surface area contributed by atoms with Gasteiger partial charge in [-0.3, -0.25) is 4.79 Å². The number of likely N-dealkylation sites (tertiary alicyclic amines) is 1. The molecule has 0 saturated carbocycles. The van der Waals surface area contributed by atoms with Crippen LogP contribution in [0, 0.1) is 6.92 Å². The van der Waals surface area contributed by atoms with Gasteiger partial charge < -0.3 is 19.1 Å². The number of amides is 1. The van der Waals surface area contributed by atoms with Gasteiger partial charge in [0.1, 0.15) is 23.4 Å². The molecular weight excluding hydrogens is 334 g/mol. The summed E-state index contributed by atoms with van der Waals surface area (Å²) in [4.78, 5) is 22.6. The number of benzene rings is 1. The summed E-state index contributed by atoms with van der Waals surface area (Å²) in [5.74, 6) is 2.46. The van der Waals surface area contributed by atoms with Crippen molar-refractivity contribution in [3.63, 3.8) is 0 Å². The van der Waals surface area contributed by atoms with E-state index >= 15 is 0 Å². The zero-order valence-corrected chi connectivity index (χ0v) is 15.1. The van der Waals surface area contributed by atoms with Crippen LogP contribution in [0.3, 0.4) is 0 Å². The molecule has 1 fully saturated rings. The first-order valence-electron chi connectivity index (χ1n) is 8.65. The van der Waals surface area contributed by atoms with Crippen molar-refractivity contribution in [2.24, 2.45) is 0 Å². The van der Waals surface area contributed by atoms with Crippen LogP contribution in [0.4, 0.5) is 0 Å². The maximum Gasteiger partial charge on any atom is 0.260 e. The molecule has 0 N–H and O–H groups in total. The molecule has 7 nitrogen and oxygen atoms in total. The predicted octanol–water partition coefficient (Wildman–Crippen LogP) is 2.24. The van der Waals surface area contributed by atoms with Crippen molar-refractivity contribution in [3.05, 3.63) is 42.4 Å². The van der Waals surface area contributed by atoms with Crippen LogP contribution >= 0.6 is 0 Å². The summed E-state index contributed by atoms with van der Waals surface area (Å²) in [7, 11) is 1.59. The first-order chi connectivity index (χ1) is 12.6. The molecule has 3 rings (SSSR count). The molecule has 0 radical (unpaired) electrons. The van der Waals surface area contributed by atoms with Crippen molar-refractivity contribution < 1.29 is 19.0 Å². The van der Waals surface area contributed by atoms with E-state index in [1.54, 1.807) is 36.4 Å². The molecule has 0 unspecified atom stereocenters. The molecule has 1 aliphatic heterocycles. The molecule has 26 heavy (non-hydrogen) atoms. The lowest BCUT2D eigenvalue weighted by molar-refractivity contribution is -0.136. The highest BCUT2D eigenvalue weighted by Gasteiger charge is 2.25. The van der Waals surface area contributed by atoms with Gasteiger partial charge in [0.05, 0.1) is 13.7 Å². The van der Waals surface area contributed by atoms with Crippen LogP contribution in [0.1, 0.15) is 18.7 Å². The van der Waals surface area contributed by atoms with Crippen molar-refractivity contribution in [2.45, 2.75) is 25.9 Å². The van der Waals surface area contributed by atoms with Crippen LogP contribution in [0.25, 0.3) is 0 Å². The zero-order valence-electron chi connectivity index (χ0n) is 15.1. The molecule has 1 amide bonds. The van der Waals surface area contributed by atoms with Gasteiger partial charge in [0.25, 0.3) is 5.91 Å². The fourth-order valence-electron chi connectivity index (χ4n) is 2.86. The van der Waals surface area contributed by atoms with E-state index in [4.69, 9.17) is 14.2 Å². The second-order valence-corrected chi connectivity index (χ2v) is 6.13. The highest BCUT2D eigenvalue weighted by molar-refractivity contribution is 5.78. The molecular formula is C19H23N3O4. The Morgan fingerprint density at radius 1 is 1.31 bits per heavy atom. The summed E-state index contributed by atoms with van der Waals surface area (Å²) in [6.45, 7) is 3.05. The van der Waals surface area contributed by atoms with Gasteiger partial charge in [0.2, 0.25) is 5.88 Å². The summed E-state index contributed by atoms with van der Waals surface area (Å²) in [6, 6.07) is 8.95. The third-order valence-corrected chi connectivity index (χ3v) is 4.17. The maximum absolute atomic E-state index is 12.5. The lowest BCUT2D eigenvalue weighted by Crippen LogP contribution is -2.46. The second-order valence-electron chi connectivity index (χ2n) is 6.13. The molecule has 7 heteroatoms. The van der Waals surface area contributed by atoms with E-state index in [9.17, 15) is 4.79 Å². The normalized spacial score (nSPS) is 16.8. The van der Waals surface area contributed by atoms with Gasteiger partial charge in [0.15, 0.2) is 6.61 Å². The number of rotatable bonds is 6. The van der Waals surface area contributed by atoms with E-state index in [2.05, 4.69) is 9.97 Å². The largest absolute Gasteiger partial charge is 0.497 e. The van der Waals surface area contributed by atoms with E-state index in [1.807, 2.05) is 19.1 Å². The first-order valence-corrected chi connectivity index (χ1v) is 8.65. The predicted molar refractivity (Wildman–Crippen MR) is 95.5 cm³/mol. The minimum Gasteiger partial charge on any atom is -0.497 e. The van der Waals surface area contributed by atoms with Gasteiger partial charge in [-0.15, -0.1) is 0 Å². The number of hydrogen-bond donors (Lipinski definition) is 0. The molecule has 0 bridgehead atoms. The molecule has 1 aromatic heterocycles. The first kappa shape index (κ1) is 18.0. The van der Waals surface area contributed by atoms with E-state index < -0.39 is 0 Å². The summed E-state index contributed by atoms with van der Waals surface area (Å²) in [5, 5.41) is 0. The number of aromatic nitrogens is 2. The highest BCUT2D eigenvalue weighted by atomic mass is 16.5. The monoisotopic (exact) mass is 357 g/mol. The number of hydrogen-bond acceptors (Lipinski definition) is 6. The van der Waals surface area contributed by atoms with E-state index in [0.29, 0.717) is 36.3 Å². The van der Waals surface area contributed by atoms with Gasteiger partial charge in [-0.1, -0.05) is 6.07 Å². The topological polar surface area (TPSA) is 73.8 Å². The quantitative estimate of drug-likeness (QED) is 0.789. The van der Waals surface area contributed by atoms with Crippen LogP contribution in [0.2, 0.25) is 0 Å². The Bertz CT molecular complexity index is 753. The van der Waals surface area contributed by atoms with Crippen LogP contribution < -0.4 is 14.2 Å². The van der Waals surface area contributed by atoms with Crippen molar-refractivity contribution in [2.75, 3.05) is 26.8 Å². The van der Waals surface area contributed by atoms with E-state index in [0.717, 1.165) is 12.8 Å². The molecule has 0 aliphatic carbocycles. The fourth-order valence-corrected chi connectivity index (χ4v) is 2.86. The third-order valence-electron chi connectivity index (χ3n) is 4.17. The Morgan fingerprint density at radius 2 is 2.15 bits per heavy atom. The SMILES string of the molecule is COc1cccc(OCC(=O)N2CCC[C@H](Oc3ccnc(C)n3)C2)c1. The second kappa shape index (κ2) is 8.51. The Kier molecular flexibility index (Phi) is 5.88. The van der Waals surface area contributed by atoms with Gasteiger partial charge >= 0.3 is 0 Å². The maximum atomic E-state index is 12.5. The van der Waals surface area contributed by atoms with Crippen LogP contribution in [0.5, 0.6) is 17.4 Å². The molecule has 2 heterocycles. The van der Waals surface area contributed by atoms with E-state index in [1.165, 1.54) is 0 Å². The van der Waals surface area contributed by atoms with E-state index in [-0.39, 0.29) is 18.6 Å². The standard InChI is InChI=1S/C19H23N3O4/c1-14-20-9-8-18(21-14)26-17-7-4-10-22(12-17)19(23)13-25-16-6-3-5-15(11-16)24-2/h3,5-6,8-9,11,17H,4,7,10,12-13H2,1-2H3/t17-/m0/s1. The number of carbonyl (C=O) groups is 1. The minimum absolute atomic E-state index is 0.00744. The molecule has 1 aromatic carbocycles. The fraction of sp³-hybridized carbons (Fsp3) is 0.421. The molecule has 1 atom stereocenters. The average Bonchev–Trinajstić information content (AvgIpc) is 2.66. The number of carbonyl (C=O) groups excluding carboxylic acids is 1. The average molecular weight is 357 g/mol. The number of nitrogens with zero attached hydrogens (tertiary/aromatic N) is 3. The summed E-state index contributed by atoms with van der Waals surface area (Å²) in [6.07, 6.45) is 3.38. The summed E-state index contributed by atoms with van der Waals surface area (Å²) >= 11 is 0. The Hall–Kier alpha value is -2.83. The minimum atomic E-state index is -0.0705. The molecule has 138 valence electrons. The molecule has 1 aliphatic rings. The zero-order chi connectivity index (χ0) is 18.4. The van der Waals surface area contributed by atoms with Gasteiger partial charge in [0, 0.05) is 24.9 Å². The summed E-state index contributed by atoms with van der Waals surface area (Å²) < 4.78 is 16.7. The third kappa shape index (κ3) is 4.84. The number of methoxy groups -OCH3 is 1. The van der Waals surface area contributed by atoms with Crippen molar-refractivity contribution >= 4 is 5.91 Å². The number of aryl methyl sites for hydroxylation is 1. The Balaban J connectivity index is 1.52. The lowest BCUT2D eigenvalue weighted by atomic mass is 10.1. The van der Waals surface area contributed by atoms with Crippen LogP contribution in [-0.4, -0.2) is 53.7 Å². The summed E-state index contributed by atoms with van der Waals surface area (Å²) in [5.41, 5.74) is 0. The van der Waals surface area contributed by atoms with Gasteiger partial charge in [-0.25, -0.2) is 4.98 Å². The lowest BCUT2D eigenvalue weighted by Gasteiger charge is -2.32. The highest BCUT2D eigenvalue weighted by Crippen LogP contribution is 2.20. The smallest absolute Gasteiger partial charge is 0.260 e. The number of piperidine rings is 1. The van der Waals surface area contributed by atoms with Crippen LogP contribution in [-0.2, 0) is 4.79 Å². The van der Waals surface area contributed by atoms with Gasteiger partial charge in [-0.05, 0) is 31.9 Å². The molecule has 0 spiro atoms. The van der Waals surface area contributed by atoms with Crippen molar-refractivity contribution in [1.82, 2.24) is 14.9 Å². The molecule has 1 saturated heterocycles. The van der Waals surface area contributed by atoms with Gasteiger partial charge in [-0.2, -0.15) is 4.98 Å². The van der Waals surface area contributed by atoms with Crippen molar-refractivity contribution in [3.8, 4) is 17.4 Å². The Morgan fingerprint density at radius 3 is 2.96 bits per heavy atom. The Labute approximate surface area is 152 Å². The van der Waals surface area contributed by atoms with Crippen LogP contribution in [0.15, 0.2) is 36.5 Å². The van der Waals surface area contributed by atoms with Crippen molar-refractivity contribution in [1.29, 1.82) is 0 Å².